The Morgan fingerprint density at radius 2 is 1.96 bits per heavy atom. The van der Waals surface area contributed by atoms with Crippen molar-refractivity contribution in [1.82, 2.24) is 9.55 Å². The second-order valence-electron chi connectivity index (χ2n) is 5.61. The number of carboxylic acid groups (broad SMARTS) is 1. The van der Waals surface area contributed by atoms with Crippen LogP contribution in [0.3, 0.4) is 0 Å². The van der Waals surface area contributed by atoms with Gasteiger partial charge in [0, 0.05) is 5.75 Å². The lowest BCUT2D eigenvalue weighted by Gasteiger charge is -2.07. The fourth-order valence-electron chi connectivity index (χ4n) is 2.55. The minimum Gasteiger partial charge on any atom is -0.480 e. The highest BCUT2D eigenvalue weighted by Gasteiger charge is 2.16. The molecule has 0 radical (unpaired) electrons. The Morgan fingerprint density at radius 3 is 2.67 bits per heavy atom. The van der Waals surface area contributed by atoms with Gasteiger partial charge in [0.05, 0.1) is 33.8 Å². The Morgan fingerprint density at radius 1 is 1.22 bits per heavy atom. The molecule has 0 spiro atoms. The summed E-state index contributed by atoms with van der Waals surface area (Å²) < 4.78 is 6.30. The van der Waals surface area contributed by atoms with Gasteiger partial charge in [-0.05, 0) is 29.8 Å². The number of aromatic nitrogens is 2. The molecule has 0 unspecified atom stereocenters. The van der Waals surface area contributed by atoms with Crippen molar-refractivity contribution in [2.45, 2.75) is 17.5 Å². The van der Waals surface area contributed by atoms with Crippen LogP contribution in [0.25, 0.3) is 11.0 Å². The number of esters is 1. The van der Waals surface area contributed by atoms with Crippen LogP contribution >= 0.6 is 35.0 Å². The number of fused-ring (bicyclic) bond motifs is 1. The molecule has 0 bridgehead atoms. The standard InChI is InChI=1S/C18H14Cl2N2O4S/c1-26-17(25)11-4-2-3-10(5-11)9-27-18-21-14-6-12(19)13(20)7-15(14)22(18)8-16(23)24/h2-7H,8-9H2,1H3,(H,23,24). The fourth-order valence-corrected chi connectivity index (χ4v) is 3.82. The van der Waals surface area contributed by atoms with Gasteiger partial charge in [0.1, 0.15) is 6.54 Å². The molecule has 1 aromatic heterocycles. The Balaban J connectivity index is 1.92. The van der Waals surface area contributed by atoms with Crippen LogP contribution < -0.4 is 0 Å². The third kappa shape index (κ3) is 4.37. The number of ether oxygens (including phenoxy) is 1. The molecule has 0 atom stereocenters. The largest absolute Gasteiger partial charge is 0.480 e. The SMILES string of the molecule is COC(=O)c1cccc(CSc2nc3cc(Cl)c(Cl)cc3n2CC(=O)O)c1. The molecule has 3 aromatic rings. The maximum absolute atomic E-state index is 11.7. The van der Waals surface area contributed by atoms with Gasteiger partial charge in [-0.3, -0.25) is 4.79 Å². The molecule has 0 aliphatic carbocycles. The van der Waals surface area contributed by atoms with E-state index in [2.05, 4.69) is 4.98 Å². The van der Waals surface area contributed by atoms with Crippen LogP contribution in [-0.2, 0) is 21.8 Å². The predicted octanol–water partition coefficient (Wildman–Crippen LogP) is 4.51. The summed E-state index contributed by atoms with van der Waals surface area (Å²) in [5.41, 5.74) is 2.50. The normalized spacial score (nSPS) is 10.9. The van der Waals surface area contributed by atoms with Crippen LogP contribution in [0, 0.1) is 0 Å². The first-order valence-corrected chi connectivity index (χ1v) is 9.50. The highest BCUT2D eigenvalue weighted by atomic mass is 35.5. The van der Waals surface area contributed by atoms with Crippen molar-refractivity contribution in [2.24, 2.45) is 0 Å². The van der Waals surface area contributed by atoms with Gasteiger partial charge < -0.3 is 14.4 Å². The molecule has 0 amide bonds. The summed E-state index contributed by atoms with van der Waals surface area (Å²) in [5.74, 6) is -0.908. The number of aliphatic carboxylic acids is 1. The van der Waals surface area contributed by atoms with Crippen LogP contribution in [0.2, 0.25) is 10.0 Å². The highest BCUT2D eigenvalue weighted by molar-refractivity contribution is 7.98. The van der Waals surface area contributed by atoms with E-state index in [9.17, 15) is 14.7 Å². The third-order valence-corrected chi connectivity index (χ3v) is 5.53. The summed E-state index contributed by atoms with van der Waals surface area (Å²) in [6, 6.07) is 10.3. The number of carbonyl (C=O) groups is 2. The molecule has 3 rings (SSSR count). The first kappa shape index (κ1) is 19.5. The number of benzene rings is 2. The maximum atomic E-state index is 11.7. The van der Waals surface area contributed by atoms with Crippen molar-refractivity contribution < 1.29 is 19.4 Å². The number of nitrogens with zero attached hydrogens (tertiary/aromatic N) is 2. The summed E-state index contributed by atoms with van der Waals surface area (Å²) in [6.07, 6.45) is 0. The first-order valence-electron chi connectivity index (χ1n) is 7.76. The summed E-state index contributed by atoms with van der Waals surface area (Å²) >= 11 is 13.5. The second-order valence-corrected chi connectivity index (χ2v) is 7.37. The van der Waals surface area contributed by atoms with E-state index < -0.39 is 11.9 Å². The van der Waals surface area contributed by atoms with Crippen molar-refractivity contribution in [3.05, 3.63) is 57.6 Å². The lowest BCUT2D eigenvalue weighted by Crippen LogP contribution is -2.09. The van der Waals surface area contributed by atoms with Crippen molar-refractivity contribution in [2.75, 3.05) is 7.11 Å². The molecule has 1 heterocycles. The van der Waals surface area contributed by atoms with Crippen LogP contribution in [0.5, 0.6) is 0 Å². The molecule has 6 nitrogen and oxygen atoms in total. The van der Waals surface area contributed by atoms with Crippen molar-refractivity contribution >= 4 is 57.9 Å². The number of rotatable bonds is 6. The lowest BCUT2D eigenvalue weighted by atomic mass is 10.1. The average Bonchev–Trinajstić information content (AvgIpc) is 2.96. The smallest absolute Gasteiger partial charge is 0.337 e. The third-order valence-electron chi connectivity index (χ3n) is 3.76. The maximum Gasteiger partial charge on any atom is 0.337 e. The Kier molecular flexibility index (Phi) is 5.94. The highest BCUT2D eigenvalue weighted by Crippen LogP contribution is 2.32. The number of carbonyl (C=O) groups excluding carboxylic acids is 1. The van der Waals surface area contributed by atoms with E-state index in [-0.39, 0.29) is 6.54 Å². The molecule has 140 valence electrons. The molecule has 0 aliphatic heterocycles. The van der Waals surface area contributed by atoms with Crippen LogP contribution in [0.1, 0.15) is 15.9 Å². The van der Waals surface area contributed by atoms with E-state index in [0.29, 0.717) is 37.6 Å². The second kappa shape index (κ2) is 8.21. The molecule has 0 saturated heterocycles. The summed E-state index contributed by atoms with van der Waals surface area (Å²) in [5, 5.41) is 10.4. The minimum absolute atomic E-state index is 0.251. The Labute approximate surface area is 169 Å². The van der Waals surface area contributed by atoms with Gasteiger partial charge in [-0.25, -0.2) is 9.78 Å². The quantitative estimate of drug-likeness (QED) is 0.463. The molecule has 0 aliphatic rings. The fraction of sp³-hybridized carbons (Fsp3) is 0.167. The zero-order valence-corrected chi connectivity index (χ0v) is 16.4. The van der Waals surface area contributed by atoms with Gasteiger partial charge in [-0.1, -0.05) is 47.1 Å². The van der Waals surface area contributed by atoms with Gasteiger partial charge in [-0.15, -0.1) is 0 Å². The Hall–Kier alpha value is -2.22. The monoisotopic (exact) mass is 424 g/mol. The molecule has 0 saturated carbocycles. The van der Waals surface area contributed by atoms with E-state index >= 15 is 0 Å². The molecule has 0 fully saturated rings. The number of thioether (sulfide) groups is 1. The number of methoxy groups -OCH3 is 1. The van der Waals surface area contributed by atoms with Crippen molar-refractivity contribution in [1.29, 1.82) is 0 Å². The number of halogens is 2. The van der Waals surface area contributed by atoms with Crippen LogP contribution in [0.4, 0.5) is 0 Å². The van der Waals surface area contributed by atoms with Gasteiger partial charge in [0.15, 0.2) is 5.16 Å². The molecule has 27 heavy (non-hydrogen) atoms. The molecular formula is C18H14Cl2N2O4S. The van der Waals surface area contributed by atoms with Crippen molar-refractivity contribution in [3.8, 4) is 0 Å². The topological polar surface area (TPSA) is 81.4 Å². The van der Waals surface area contributed by atoms with E-state index in [1.807, 2.05) is 6.07 Å². The molecule has 2 aromatic carbocycles. The van der Waals surface area contributed by atoms with Gasteiger partial charge in [-0.2, -0.15) is 0 Å². The lowest BCUT2D eigenvalue weighted by molar-refractivity contribution is -0.137. The first-order chi connectivity index (χ1) is 12.9. The van der Waals surface area contributed by atoms with Gasteiger partial charge in [0.25, 0.3) is 0 Å². The predicted molar refractivity (Wildman–Crippen MR) is 105 cm³/mol. The number of imidazole rings is 1. The number of hydrogen-bond acceptors (Lipinski definition) is 5. The van der Waals surface area contributed by atoms with Crippen LogP contribution in [0.15, 0.2) is 41.6 Å². The molecular weight excluding hydrogens is 411 g/mol. The summed E-state index contributed by atoms with van der Waals surface area (Å²) in [4.78, 5) is 27.4. The van der Waals surface area contributed by atoms with E-state index in [1.165, 1.54) is 18.9 Å². The van der Waals surface area contributed by atoms with Crippen LogP contribution in [-0.4, -0.2) is 33.7 Å². The number of carboxylic acids is 1. The molecule has 1 N–H and O–H groups in total. The van der Waals surface area contributed by atoms with Gasteiger partial charge >= 0.3 is 11.9 Å². The summed E-state index contributed by atoms with van der Waals surface area (Å²) in [6.45, 7) is -0.251. The average molecular weight is 425 g/mol. The van der Waals surface area contributed by atoms with E-state index in [0.717, 1.165) is 5.56 Å². The van der Waals surface area contributed by atoms with E-state index in [1.54, 1.807) is 34.9 Å². The minimum atomic E-state index is -0.991. The summed E-state index contributed by atoms with van der Waals surface area (Å²) in [7, 11) is 1.33. The Bertz CT molecular complexity index is 1040. The zero-order valence-electron chi connectivity index (χ0n) is 14.1. The number of hydrogen-bond donors (Lipinski definition) is 1. The molecule has 9 heteroatoms. The van der Waals surface area contributed by atoms with E-state index in [4.69, 9.17) is 27.9 Å². The zero-order chi connectivity index (χ0) is 19.6. The van der Waals surface area contributed by atoms with Crippen molar-refractivity contribution in [3.63, 3.8) is 0 Å². The van der Waals surface area contributed by atoms with Gasteiger partial charge in [0.2, 0.25) is 0 Å².